The number of thiol groups is 1. The summed E-state index contributed by atoms with van der Waals surface area (Å²) in [4.78, 5) is 11.8. The average molecular weight is 354 g/mol. The zero-order valence-electron chi connectivity index (χ0n) is 10.5. The van der Waals surface area contributed by atoms with E-state index in [4.69, 9.17) is 4.74 Å². The van der Waals surface area contributed by atoms with Crippen molar-refractivity contribution in [3.63, 3.8) is 0 Å². The molecule has 5 nitrogen and oxygen atoms in total. The van der Waals surface area contributed by atoms with Crippen LogP contribution >= 0.6 is 15.9 Å². The Labute approximate surface area is 120 Å². The van der Waals surface area contributed by atoms with E-state index in [1.165, 1.54) is 12.1 Å². The fourth-order valence-electron chi connectivity index (χ4n) is 1.19. The largest absolute Gasteiger partial charge is 0.443 e. The Morgan fingerprint density at radius 3 is 2.37 bits per heavy atom. The van der Waals surface area contributed by atoms with Gasteiger partial charge in [0.2, 0.25) is 10.9 Å². The van der Waals surface area contributed by atoms with Gasteiger partial charge in [-0.15, -0.1) is 0 Å². The average Bonchev–Trinajstić information content (AvgIpc) is 2.20. The molecule has 0 unspecified atom stereocenters. The fourth-order valence-corrected chi connectivity index (χ4v) is 2.04. The maximum Gasteiger partial charge on any atom is 0.428 e. The number of halogens is 2. The number of hydrogen-bond donors (Lipinski definition) is 1. The smallest absolute Gasteiger partial charge is 0.428 e. The number of ether oxygens (including phenoxy) is 1. The molecule has 0 radical (unpaired) electrons. The van der Waals surface area contributed by atoms with Gasteiger partial charge in [0.25, 0.3) is 0 Å². The third-order valence-corrected chi connectivity index (χ3v) is 3.21. The highest BCUT2D eigenvalue weighted by molar-refractivity contribution is 9.10. The zero-order valence-corrected chi connectivity index (χ0v) is 13.0. The van der Waals surface area contributed by atoms with E-state index in [0.29, 0.717) is 4.31 Å². The third kappa shape index (κ3) is 4.46. The molecule has 0 aliphatic carbocycles. The van der Waals surface area contributed by atoms with Gasteiger partial charge in [-0.1, -0.05) is 0 Å². The van der Waals surface area contributed by atoms with Crippen molar-refractivity contribution in [2.45, 2.75) is 26.4 Å². The Bertz CT molecular complexity index is 560. The third-order valence-electron chi connectivity index (χ3n) is 1.88. The van der Waals surface area contributed by atoms with Crippen LogP contribution in [0.1, 0.15) is 20.8 Å². The summed E-state index contributed by atoms with van der Waals surface area (Å²) < 4.78 is 40.9. The molecular weight excluding hydrogens is 341 g/mol. The van der Waals surface area contributed by atoms with E-state index in [0.717, 1.165) is 6.07 Å². The number of amides is 1. The molecule has 1 amide bonds. The molecule has 0 bridgehead atoms. The van der Waals surface area contributed by atoms with E-state index in [1.807, 2.05) is 0 Å². The number of rotatable bonds is 2. The zero-order chi connectivity index (χ0) is 14.8. The standard InChI is InChI=1S/C11H13BrFNO4S/c1-11(2,3)18-10(15)14(19(16)17)7-4-5-9(13)8(12)6-7/h4-6,19H,1-3H3. The van der Waals surface area contributed by atoms with Crippen molar-refractivity contribution in [1.82, 2.24) is 0 Å². The maximum absolute atomic E-state index is 13.1. The first-order chi connectivity index (χ1) is 8.61. The Morgan fingerprint density at radius 1 is 1.37 bits per heavy atom. The molecule has 0 aromatic heterocycles. The lowest BCUT2D eigenvalue weighted by atomic mass is 10.2. The number of carbonyl (C=O) groups is 1. The van der Waals surface area contributed by atoms with Crippen LogP contribution in [0, 0.1) is 5.82 Å². The number of anilines is 1. The molecule has 1 rings (SSSR count). The van der Waals surface area contributed by atoms with E-state index in [-0.39, 0.29) is 10.2 Å². The molecule has 0 N–H and O–H groups in total. The molecule has 0 spiro atoms. The lowest BCUT2D eigenvalue weighted by Gasteiger charge is -2.23. The minimum absolute atomic E-state index is 0.00126. The summed E-state index contributed by atoms with van der Waals surface area (Å²) in [5.41, 5.74) is -0.837. The first-order valence-electron chi connectivity index (χ1n) is 5.24. The molecular formula is C11H13BrFNO4S. The van der Waals surface area contributed by atoms with Gasteiger partial charge in [-0.25, -0.2) is 17.6 Å². The highest BCUT2D eigenvalue weighted by Gasteiger charge is 2.25. The molecule has 0 saturated carbocycles. The fraction of sp³-hybridized carbons (Fsp3) is 0.364. The van der Waals surface area contributed by atoms with Crippen molar-refractivity contribution in [2.75, 3.05) is 4.31 Å². The first-order valence-corrected chi connectivity index (χ1v) is 7.16. The SMILES string of the molecule is CC(C)(C)OC(=O)N(c1ccc(F)c(Br)c1)[SH](=O)=O. The van der Waals surface area contributed by atoms with Gasteiger partial charge in [0.15, 0.2) is 0 Å². The Hall–Kier alpha value is -1.15. The summed E-state index contributed by atoms with van der Waals surface area (Å²) in [6.45, 7) is 4.84. The normalized spacial score (nSPS) is 11.5. The van der Waals surface area contributed by atoms with Crippen LogP contribution in [0.15, 0.2) is 22.7 Å². The van der Waals surface area contributed by atoms with Gasteiger partial charge in [0, 0.05) is 0 Å². The summed E-state index contributed by atoms with van der Waals surface area (Å²) in [7, 11) is -3.24. The lowest BCUT2D eigenvalue weighted by Crippen LogP contribution is -2.35. The topological polar surface area (TPSA) is 63.7 Å². The first kappa shape index (κ1) is 15.9. The number of benzene rings is 1. The summed E-state index contributed by atoms with van der Waals surface area (Å²) in [6.07, 6.45) is -1.04. The second-order valence-corrected chi connectivity index (χ2v) is 6.36. The quantitative estimate of drug-likeness (QED) is 0.830. The second kappa shape index (κ2) is 5.87. The summed E-state index contributed by atoms with van der Waals surface area (Å²) in [5.74, 6) is -0.561. The van der Waals surface area contributed by atoms with Gasteiger partial charge in [0.1, 0.15) is 11.4 Å². The highest BCUT2D eigenvalue weighted by Crippen LogP contribution is 2.24. The van der Waals surface area contributed by atoms with Crippen LogP contribution < -0.4 is 4.31 Å². The van der Waals surface area contributed by atoms with Gasteiger partial charge in [-0.3, -0.25) is 0 Å². The molecule has 0 saturated heterocycles. The van der Waals surface area contributed by atoms with Crippen molar-refractivity contribution in [1.29, 1.82) is 0 Å². The molecule has 0 heterocycles. The van der Waals surface area contributed by atoms with Crippen LogP contribution in [0.5, 0.6) is 0 Å². The summed E-state index contributed by atoms with van der Waals surface area (Å²) >= 11 is 2.92. The van der Waals surface area contributed by atoms with Crippen LogP contribution in [0.2, 0.25) is 0 Å². The lowest BCUT2D eigenvalue weighted by molar-refractivity contribution is 0.0610. The predicted octanol–water partition coefficient (Wildman–Crippen LogP) is 2.86. The molecule has 19 heavy (non-hydrogen) atoms. The van der Waals surface area contributed by atoms with Crippen molar-refractivity contribution in [2.24, 2.45) is 0 Å². The Kier molecular flexibility index (Phi) is 4.92. The number of nitrogens with zero attached hydrogens (tertiary/aromatic N) is 1. The molecule has 8 heteroatoms. The minimum Gasteiger partial charge on any atom is -0.443 e. The van der Waals surface area contributed by atoms with Crippen molar-refractivity contribution < 1.29 is 22.3 Å². The van der Waals surface area contributed by atoms with Gasteiger partial charge in [-0.05, 0) is 54.9 Å². The summed E-state index contributed by atoms with van der Waals surface area (Å²) in [6, 6.07) is 3.41. The number of hydrogen-bond acceptors (Lipinski definition) is 4. The number of carbonyl (C=O) groups excluding carboxylic acids is 1. The highest BCUT2D eigenvalue weighted by atomic mass is 79.9. The van der Waals surface area contributed by atoms with E-state index in [1.54, 1.807) is 20.8 Å². The molecule has 0 atom stereocenters. The van der Waals surface area contributed by atoms with Gasteiger partial charge in [-0.2, -0.15) is 4.31 Å². The van der Waals surface area contributed by atoms with E-state index in [9.17, 15) is 17.6 Å². The van der Waals surface area contributed by atoms with Gasteiger partial charge in [0.05, 0.1) is 10.2 Å². The van der Waals surface area contributed by atoms with E-state index < -0.39 is 28.4 Å². The minimum atomic E-state index is -3.24. The molecule has 0 aliphatic heterocycles. The van der Waals surface area contributed by atoms with Crippen LogP contribution in [-0.4, -0.2) is 20.1 Å². The van der Waals surface area contributed by atoms with Crippen LogP contribution in [-0.2, 0) is 15.6 Å². The second-order valence-electron chi connectivity index (χ2n) is 4.63. The predicted molar refractivity (Wildman–Crippen MR) is 73.1 cm³/mol. The molecule has 106 valence electrons. The van der Waals surface area contributed by atoms with Crippen molar-refractivity contribution in [3.8, 4) is 0 Å². The molecule has 1 aromatic carbocycles. The van der Waals surface area contributed by atoms with E-state index >= 15 is 0 Å². The molecule has 1 aromatic rings. The monoisotopic (exact) mass is 353 g/mol. The van der Waals surface area contributed by atoms with Crippen LogP contribution in [0.4, 0.5) is 14.9 Å². The summed E-state index contributed by atoms with van der Waals surface area (Å²) in [5, 5.41) is 0. The van der Waals surface area contributed by atoms with Crippen molar-refractivity contribution >= 4 is 38.6 Å². The van der Waals surface area contributed by atoms with Crippen molar-refractivity contribution in [3.05, 3.63) is 28.5 Å². The maximum atomic E-state index is 13.1. The Balaban J connectivity index is 3.14. The van der Waals surface area contributed by atoms with Crippen LogP contribution in [0.3, 0.4) is 0 Å². The Morgan fingerprint density at radius 2 is 1.95 bits per heavy atom. The van der Waals surface area contributed by atoms with Gasteiger partial charge >= 0.3 is 6.09 Å². The molecule has 0 fully saturated rings. The van der Waals surface area contributed by atoms with E-state index in [2.05, 4.69) is 15.9 Å². The molecule has 0 aliphatic rings. The van der Waals surface area contributed by atoms with Crippen LogP contribution in [0.25, 0.3) is 0 Å². The van der Waals surface area contributed by atoms with Gasteiger partial charge < -0.3 is 4.74 Å².